The van der Waals surface area contributed by atoms with E-state index in [1.54, 1.807) is 31.5 Å². The van der Waals surface area contributed by atoms with E-state index < -0.39 is 15.1 Å². The summed E-state index contributed by atoms with van der Waals surface area (Å²) in [5.41, 5.74) is 3.29. The number of hydrogen-bond donors (Lipinski definition) is 1. The van der Waals surface area contributed by atoms with Gasteiger partial charge in [-0.05, 0) is 50.2 Å². The normalized spacial score (nSPS) is 11.8. The molecule has 1 aromatic heterocycles. The molecule has 0 atom stereocenters. The van der Waals surface area contributed by atoms with E-state index in [9.17, 15) is 13.2 Å². The third-order valence-corrected chi connectivity index (χ3v) is 7.08. The van der Waals surface area contributed by atoms with Crippen molar-refractivity contribution in [2.45, 2.75) is 24.0 Å². The molecule has 0 fully saturated rings. The summed E-state index contributed by atoms with van der Waals surface area (Å²) < 4.78 is 25.1. The number of aromatic nitrogens is 1. The summed E-state index contributed by atoms with van der Waals surface area (Å²) in [4.78, 5) is 16.8. The summed E-state index contributed by atoms with van der Waals surface area (Å²) in [7, 11) is -3.36. The fourth-order valence-electron chi connectivity index (χ4n) is 2.28. The summed E-state index contributed by atoms with van der Waals surface area (Å²) >= 11 is 7.47. The molecule has 2 aromatic carbocycles. The molecule has 3 aromatic rings. The second-order valence-corrected chi connectivity index (χ2v) is 9.46. The molecule has 0 aliphatic rings. The summed E-state index contributed by atoms with van der Waals surface area (Å²) in [5, 5.41) is 2.83. The van der Waals surface area contributed by atoms with Gasteiger partial charge in [-0.3, -0.25) is 4.79 Å². The number of benzene rings is 2. The van der Waals surface area contributed by atoms with E-state index in [0.29, 0.717) is 21.8 Å². The molecule has 0 radical (unpaired) electrons. The van der Waals surface area contributed by atoms with Crippen LogP contribution in [0.5, 0.6) is 0 Å². The van der Waals surface area contributed by atoms with Gasteiger partial charge in [0.05, 0.1) is 31.1 Å². The average Bonchev–Trinajstić information content (AvgIpc) is 3.08. The number of anilines is 1. The van der Waals surface area contributed by atoms with Gasteiger partial charge in [-0.2, -0.15) is 0 Å². The molecule has 5 nitrogen and oxygen atoms in total. The molecule has 1 amide bonds. The van der Waals surface area contributed by atoms with E-state index in [4.69, 9.17) is 11.6 Å². The van der Waals surface area contributed by atoms with Crippen molar-refractivity contribution in [3.05, 3.63) is 52.5 Å². The van der Waals surface area contributed by atoms with Crippen LogP contribution in [0.25, 0.3) is 10.2 Å². The van der Waals surface area contributed by atoms with Gasteiger partial charge in [0.2, 0.25) is 0 Å². The summed E-state index contributed by atoms with van der Waals surface area (Å²) in [6, 6.07) is 9.31. The van der Waals surface area contributed by atoms with Crippen LogP contribution in [0.3, 0.4) is 0 Å². The maximum absolute atomic E-state index is 12.5. The molecule has 0 aliphatic heterocycles. The molecule has 3 rings (SSSR count). The van der Waals surface area contributed by atoms with Crippen LogP contribution in [0.15, 0.2) is 46.8 Å². The van der Waals surface area contributed by atoms with Gasteiger partial charge in [0.1, 0.15) is 5.52 Å². The van der Waals surface area contributed by atoms with Crippen LogP contribution in [0.2, 0.25) is 5.02 Å². The van der Waals surface area contributed by atoms with Crippen molar-refractivity contribution < 1.29 is 13.2 Å². The highest BCUT2D eigenvalue weighted by molar-refractivity contribution is 7.92. The number of nitrogens with one attached hydrogen (secondary N) is 1. The van der Waals surface area contributed by atoms with Crippen LogP contribution < -0.4 is 5.32 Å². The Kier molecular flexibility index (Phi) is 4.81. The average molecular weight is 395 g/mol. The lowest BCUT2D eigenvalue weighted by Crippen LogP contribution is -2.15. The largest absolute Gasteiger partial charge is 0.321 e. The maximum Gasteiger partial charge on any atom is 0.255 e. The standard InChI is InChI=1S/C17H15ClN2O3S2/c1-10(2)25(22,23)12-5-3-11(4-6-12)17(21)20-14-8-7-13(18)15-16(14)24-9-19-15/h3-10H,1-2H3,(H,20,21). The maximum atomic E-state index is 12.5. The first-order chi connectivity index (χ1) is 11.8. The lowest BCUT2D eigenvalue weighted by Gasteiger charge is -2.09. The predicted molar refractivity (Wildman–Crippen MR) is 101 cm³/mol. The minimum Gasteiger partial charge on any atom is -0.321 e. The van der Waals surface area contributed by atoms with Crippen molar-refractivity contribution in [2.75, 3.05) is 5.32 Å². The smallest absolute Gasteiger partial charge is 0.255 e. The molecular formula is C17H15ClN2O3S2. The highest BCUT2D eigenvalue weighted by Crippen LogP contribution is 2.32. The van der Waals surface area contributed by atoms with Gasteiger partial charge in [0, 0.05) is 5.56 Å². The topological polar surface area (TPSA) is 76.1 Å². The molecule has 1 heterocycles. The zero-order chi connectivity index (χ0) is 18.2. The molecule has 0 aliphatic carbocycles. The monoisotopic (exact) mass is 394 g/mol. The first-order valence-corrected chi connectivity index (χ1v) is 10.3. The fourth-order valence-corrected chi connectivity index (χ4v) is 4.39. The Morgan fingerprint density at radius 3 is 2.48 bits per heavy atom. The van der Waals surface area contributed by atoms with Gasteiger partial charge in [-0.1, -0.05) is 11.6 Å². The number of sulfone groups is 1. The van der Waals surface area contributed by atoms with Gasteiger partial charge in [-0.15, -0.1) is 11.3 Å². The van der Waals surface area contributed by atoms with Crippen molar-refractivity contribution in [3.8, 4) is 0 Å². The van der Waals surface area contributed by atoms with Crippen molar-refractivity contribution in [3.63, 3.8) is 0 Å². The van der Waals surface area contributed by atoms with Gasteiger partial charge < -0.3 is 5.32 Å². The minimum atomic E-state index is -3.36. The SMILES string of the molecule is CC(C)S(=O)(=O)c1ccc(C(=O)Nc2ccc(Cl)c3ncsc23)cc1. The number of carbonyl (C=O) groups excluding carboxylic acids is 1. The number of halogens is 1. The molecule has 0 bridgehead atoms. The molecule has 0 unspecified atom stereocenters. The van der Waals surface area contributed by atoms with Crippen LogP contribution >= 0.6 is 22.9 Å². The number of carbonyl (C=O) groups is 1. The Hall–Kier alpha value is -1.96. The van der Waals surface area contributed by atoms with Gasteiger partial charge in [0.15, 0.2) is 9.84 Å². The molecule has 0 spiro atoms. The molecule has 130 valence electrons. The number of rotatable bonds is 4. The lowest BCUT2D eigenvalue weighted by atomic mass is 10.2. The highest BCUT2D eigenvalue weighted by Gasteiger charge is 2.19. The zero-order valence-electron chi connectivity index (χ0n) is 13.5. The van der Waals surface area contributed by atoms with Gasteiger partial charge in [-0.25, -0.2) is 13.4 Å². The van der Waals surface area contributed by atoms with Crippen LogP contribution in [-0.2, 0) is 9.84 Å². The van der Waals surface area contributed by atoms with Crippen molar-refractivity contribution >= 4 is 54.6 Å². The minimum absolute atomic E-state index is 0.204. The number of hydrogen-bond acceptors (Lipinski definition) is 5. The zero-order valence-corrected chi connectivity index (χ0v) is 15.9. The van der Waals surface area contributed by atoms with E-state index in [1.807, 2.05) is 0 Å². The van der Waals surface area contributed by atoms with E-state index in [0.717, 1.165) is 4.70 Å². The number of thiazole rings is 1. The number of amides is 1. The summed E-state index contributed by atoms with van der Waals surface area (Å²) in [6.07, 6.45) is 0. The third kappa shape index (κ3) is 3.40. The van der Waals surface area contributed by atoms with Gasteiger partial charge in [0.25, 0.3) is 5.91 Å². The van der Waals surface area contributed by atoms with Gasteiger partial charge >= 0.3 is 0 Å². The van der Waals surface area contributed by atoms with Crippen molar-refractivity contribution in [2.24, 2.45) is 0 Å². The number of nitrogens with zero attached hydrogens (tertiary/aromatic N) is 1. The molecule has 0 saturated heterocycles. The van der Waals surface area contributed by atoms with Crippen LogP contribution in [0.1, 0.15) is 24.2 Å². The Morgan fingerprint density at radius 1 is 1.16 bits per heavy atom. The summed E-state index contributed by atoms with van der Waals surface area (Å²) in [6.45, 7) is 3.24. The van der Waals surface area contributed by atoms with Crippen molar-refractivity contribution in [1.82, 2.24) is 4.98 Å². The van der Waals surface area contributed by atoms with E-state index in [1.165, 1.54) is 35.6 Å². The van der Waals surface area contributed by atoms with E-state index in [-0.39, 0.29) is 10.8 Å². The Morgan fingerprint density at radius 2 is 1.84 bits per heavy atom. The molecule has 25 heavy (non-hydrogen) atoms. The number of fused-ring (bicyclic) bond motifs is 1. The molecule has 0 saturated carbocycles. The molecule has 8 heteroatoms. The Balaban J connectivity index is 1.86. The fraction of sp³-hybridized carbons (Fsp3) is 0.176. The van der Waals surface area contributed by atoms with Crippen LogP contribution in [0, 0.1) is 0 Å². The second kappa shape index (κ2) is 6.74. The second-order valence-electron chi connectivity index (χ2n) is 5.70. The van der Waals surface area contributed by atoms with Crippen LogP contribution in [0.4, 0.5) is 5.69 Å². The Labute approximate surface area is 154 Å². The van der Waals surface area contributed by atoms with Crippen molar-refractivity contribution in [1.29, 1.82) is 0 Å². The summed E-state index contributed by atoms with van der Waals surface area (Å²) in [5.74, 6) is -0.328. The lowest BCUT2D eigenvalue weighted by molar-refractivity contribution is 0.102. The van der Waals surface area contributed by atoms with Crippen LogP contribution in [-0.4, -0.2) is 24.6 Å². The molecule has 1 N–H and O–H groups in total. The molecular weight excluding hydrogens is 380 g/mol. The van der Waals surface area contributed by atoms with E-state index in [2.05, 4.69) is 10.3 Å². The quantitative estimate of drug-likeness (QED) is 0.712. The predicted octanol–water partition coefficient (Wildman–Crippen LogP) is 4.38. The first kappa shape index (κ1) is 17.8. The highest BCUT2D eigenvalue weighted by atomic mass is 35.5. The first-order valence-electron chi connectivity index (χ1n) is 7.47. The van der Waals surface area contributed by atoms with E-state index >= 15 is 0 Å². The third-order valence-electron chi connectivity index (χ3n) is 3.75. The Bertz CT molecular complexity index is 1040.